The molecule has 1 aromatic heterocycles. The molecule has 8 heteroatoms. The summed E-state index contributed by atoms with van der Waals surface area (Å²) >= 11 is 0. The summed E-state index contributed by atoms with van der Waals surface area (Å²) in [6.45, 7) is 0.190. The first kappa shape index (κ1) is 20.2. The van der Waals surface area contributed by atoms with E-state index in [-0.39, 0.29) is 23.6 Å². The number of para-hydroxylation sites is 1. The van der Waals surface area contributed by atoms with Gasteiger partial charge in [-0.25, -0.2) is 4.79 Å². The van der Waals surface area contributed by atoms with Gasteiger partial charge in [0.25, 0.3) is 5.91 Å². The summed E-state index contributed by atoms with van der Waals surface area (Å²) in [5.74, 6) is -0.404. The van der Waals surface area contributed by atoms with Crippen LogP contribution in [0.5, 0.6) is 11.5 Å². The molecule has 152 valence electrons. The Morgan fingerprint density at radius 1 is 1.00 bits per heavy atom. The van der Waals surface area contributed by atoms with Gasteiger partial charge in [-0.05, 0) is 6.07 Å². The highest BCUT2D eigenvalue weighted by Crippen LogP contribution is 2.34. The highest BCUT2D eigenvalue weighted by molar-refractivity contribution is 6.09. The van der Waals surface area contributed by atoms with Crippen molar-refractivity contribution in [3.8, 4) is 11.5 Å². The lowest BCUT2D eigenvalue weighted by Gasteiger charge is -2.14. The Morgan fingerprint density at radius 3 is 2.34 bits per heavy atom. The van der Waals surface area contributed by atoms with Gasteiger partial charge in [0.15, 0.2) is 17.3 Å². The van der Waals surface area contributed by atoms with Gasteiger partial charge < -0.3 is 28.7 Å². The fourth-order valence-corrected chi connectivity index (χ4v) is 3.01. The van der Waals surface area contributed by atoms with Gasteiger partial charge in [-0.2, -0.15) is 0 Å². The number of hydrogen-bond donors (Lipinski definition) is 1. The largest absolute Gasteiger partial charge is 0.493 e. The molecule has 29 heavy (non-hydrogen) atoms. The number of anilines is 1. The van der Waals surface area contributed by atoms with Crippen LogP contribution in [-0.4, -0.2) is 40.3 Å². The summed E-state index contributed by atoms with van der Waals surface area (Å²) < 4.78 is 26.3. The number of nitrogens with one attached hydrogen (secondary N) is 1. The maximum absolute atomic E-state index is 13.0. The second-order valence-corrected chi connectivity index (χ2v) is 6.04. The molecule has 0 bridgehead atoms. The maximum Gasteiger partial charge on any atom is 0.340 e. The van der Waals surface area contributed by atoms with E-state index < -0.39 is 11.9 Å². The minimum absolute atomic E-state index is 0.0960. The number of esters is 1. The summed E-state index contributed by atoms with van der Waals surface area (Å²) in [5, 5.41) is 3.48. The first-order valence-corrected chi connectivity index (χ1v) is 8.69. The monoisotopic (exact) mass is 399 g/mol. The molecular formula is C21H21NO7. The molecule has 2 aromatic carbocycles. The summed E-state index contributed by atoms with van der Waals surface area (Å²) in [6.07, 6.45) is 0. The first-order valence-electron chi connectivity index (χ1n) is 8.69. The van der Waals surface area contributed by atoms with Crippen LogP contribution >= 0.6 is 0 Å². The van der Waals surface area contributed by atoms with Crippen LogP contribution in [0.1, 0.15) is 26.5 Å². The van der Waals surface area contributed by atoms with Crippen molar-refractivity contribution < 1.29 is 33.0 Å². The van der Waals surface area contributed by atoms with Gasteiger partial charge >= 0.3 is 5.97 Å². The van der Waals surface area contributed by atoms with Crippen molar-refractivity contribution in [1.29, 1.82) is 0 Å². The number of ether oxygens (including phenoxy) is 4. The standard InChI is InChI=1S/C21H21NO7/c1-25-11-14-12-7-5-6-8-16(12)29-19(14)20(23)22-15-10-18(27-3)17(26-2)9-13(15)21(24)28-4/h5-10H,11H2,1-4H3,(H,22,23). The van der Waals surface area contributed by atoms with Gasteiger partial charge in [-0.3, -0.25) is 4.79 Å². The van der Waals surface area contributed by atoms with Gasteiger partial charge in [0, 0.05) is 30.2 Å². The molecule has 8 nitrogen and oxygen atoms in total. The fraction of sp³-hybridized carbons (Fsp3) is 0.238. The Balaban J connectivity index is 2.06. The molecule has 0 fully saturated rings. The van der Waals surface area contributed by atoms with Gasteiger partial charge in [0.2, 0.25) is 0 Å². The molecular weight excluding hydrogens is 378 g/mol. The van der Waals surface area contributed by atoms with Crippen LogP contribution in [0.25, 0.3) is 11.0 Å². The van der Waals surface area contributed by atoms with Gasteiger partial charge in [0.05, 0.1) is 39.2 Å². The van der Waals surface area contributed by atoms with Gasteiger partial charge in [-0.15, -0.1) is 0 Å². The molecule has 0 aliphatic rings. The first-order chi connectivity index (χ1) is 14.0. The van der Waals surface area contributed by atoms with Crippen molar-refractivity contribution in [2.75, 3.05) is 33.8 Å². The molecule has 0 saturated carbocycles. The minimum Gasteiger partial charge on any atom is -0.493 e. The van der Waals surface area contributed by atoms with E-state index >= 15 is 0 Å². The van der Waals surface area contributed by atoms with Gasteiger partial charge in [-0.1, -0.05) is 18.2 Å². The second kappa shape index (κ2) is 8.66. The van der Waals surface area contributed by atoms with E-state index in [1.165, 1.54) is 40.6 Å². The number of benzene rings is 2. The summed E-state index contributed by atoms with van der Waals surface area (Å²) in [6, 6.07) is 10.2. The third-order valence-electron chi connectivity index (χ3n) is 4.37. The third kappa shape index (κ3) is 3.88. The number of furan rings is 1. The van der Waals surface area contributed by atoms with Crippen LogP contribution in [0.2, 0.25) is 0 Å². The van der Waals surface area contributed by atoms with Crippen LogP contribution in [-0.2, 0) is 16.1 Å². The van der Waals surface area contributed by atoms with Crippen molar-refractivity contribution in [3.05, 3.63) is 53.3 Å². The molecule has 1 amide bonds. The number of amides is 1. The molecule has 0 aliphatic carbocycles. The average molecular weight is 399 g/mol. The molecule has 0 spiro atoms. The smallest absolute Gasteiger partial charge is 0.340 e. The quantitative estimate of drug-likeness (QED) is 0.606. The lowest BCUT2D eigenvalue weighted by atomic mass is 10.1. The van der Waals surface area contributed by atoms with Gasteiger partial charge in [0.1, 0.15) is 5.58 Å². The van der Waals surface area contributed by atoms with Crippen molar-refractivity contribution in [2.24, 2.45) is 0 Å². The van der Waals surface area contributed by atoms with E-state index in [9.17, 15) is 9.59 Å². The highest BCUT2D eigenvalue weighted by atomic mass is 16.5. The van der Waals surface area contributed by atoms with Crippen molar-refractivity contribution in [2.45, 2.75) is 6.61 Å². The molecule has 1 N–H and O–H groups in total. The summed E-state index contributed by atoms with van der Waals surface area (Å²) in [5.41, 5.74) is 1.48. The third-order valence-corrected chi connectivity index (χ3v) is 4.37. The molecule has 0 radical (unpaired) electrons. The number of carbonyl (C=O) groups is 2. The highest BCUT2D eigenvalue weighted by Gasteiger charge is 2.24. The number of carbonyl (C=O) groups excluding carboxylic acids is 2. The van der Waals surface area contributed by atoms with Crippen LogP contribution in [0.3, 0.4) is 0 Å². The Kier molecular flexibility index (Phi) is 6.04. The molecule has 0 saturated heterocycles. The molecule has 0 aliphatic heterocycles. The minimum atomic E-state index is -0.636. The van der Waals surface area contributed by atoms with Crippen LogP contribution < -0.4 is 14.8 Å². The lowest BCUT2D eigenvalue weighted by Crippen LogP contribution is -2.16. The average Bonchev–Trinajstić information content (AvgIpc) is 3.11. The fourth-order valence-electron chi connectivity index (χ4n) is 3.01. The zero-order valence-electron chi connectivity index (χ0n) is 16.5. The van der Waals surface area contributed by atoms with Crippen LogP contribution in [0.15, 0.2) is 40.8 Å². The predicted octanol–water partition coefficient (Wildman–Crippen LogP) is 3.64. The Bertz CT molecular complexity index is 1050. The SMILES string of the molecule is COCc1c(C(=O)Nc2cc(OC)c(OC)cc2C(=O)OC)oc2ccccc12. The number of fused-ring (bicyclic) bond motifs is 1. The zero-order chi connectivity index (χ0) is 21.0. The van der Waals surface area contributed by atoms with E-state index in [1.54, 1.807) is 6.07 Å². The molecule has 3 aromatic rings. The topological polar surface area (TPSA) is 96.2 Å². The normalized spacial score (nSPS) is 10.6. The molecule has 0 atom stereocenters. The Hall–Kier alpha value is -3.52. The number of methoxy groups -OCH3 is 4. The van der Waals surface area contributed by atoms with Crippen molar-refractivity contribution >= 4 is 28.5 Å². The molecule has 1 heterocycles. The van der Waals surface area contributed by atoms with E-state index in [4.69, 9.17) is 23.4 Å². The lowest BCUT2D eigenvalue weighted by molar-refractivity contribution is 0.0601. The number of hydrogen-bond acceptors (Lipinski definition) is 7. The van der Waals surface area contributed by atoms with E-state index in [0.29, 0.717) is 22.6 Å². The molecule has 3 rings (SSSR count). The molecule has 0 unspecified atom stereocenters. The van der Waals surface area contributed by atoms with E-state index in [2.05, 4.69) is 5.32 Å². The summed E-state index contributed by atoms with van der Waals surface area (Å²) in [7, 11) is 5.69. The second-order valence-electron chi connectivity index (χ2n) is 6.04. The maximum atomic E-state index is 13.0. The Morgan fingerprint density at radius 2 is 1.69 bits per heavy atom. The van der Waals surface area contributed by atoms with E-state index in [0.717, 1.165) is 5.39 Å². The predicted molar refractivity (Wildman–Crippen MR) is 106 cm³/mol. The zero-order valence-corrected chi connectivity index (χ0v) is 16.5. The van der Waals surface area contributed by atoms with E-state index in [1.807, 2.05) is 18.2 Å². The Labute approximate surface area is 167 Å². The summed E-state index contributed by atoms with van der Waals surface area (Å²) in [4.78, 5) is 25.2. The van der Waals surface area contributed by atoms with Crippen LogP contribution in [0.4, 0.5) is 5.69 Å². The van der Waals surface area contributed by atoms with Crippen molar-refractivity contribution in [1.82, 2.24) is 0 Å². The number of rotatable bonds is 7. The van der Waals surface area contributed by atoms with Crippen molar-refractivity contribution in [3.63, 3.8) is 0 Å². The van der Waals surface area contributed by atoms with Crippen LogP contribution in [0, 0.1) is 0 Å².